The van der Waals surface area contributed by atoms with E-state index in [1.165, 1.54) is 18.4 Å². The lowest BCUT2D eigenvalue weighted by Gasteiger charge is -2.22. The van der Waals surface area contributed by atoms with Crippen molar-refractivity contribution in [3.05, 3.63) is 11.4 Å². The lowest BCUT2D eigenvalue weighted by atomic mass is 10.1. The van der Waals surface area contributed by atoms with Gasteiger partial charge in [0.15, 0.2) is 0 Å². The van der Waals surface area contributed by atoms with Crippen molar-refractivity contribution < 1.29 is 0 Å². The molecule has 0 amide bonds. The second kappa shape index (κ2) is 7.62. The molecule has 4 nitrogen and oxygen atoms in total. The van der Waals surface area contributed by atoms with Crippen molar-refractivity contribution in [2.24, 2.45) is 5.92 Å². The van der Waals surface area contributed by atoms with Gasteiger partial charge in [-0.3, -0.25) is 0 Å². The van der Waals surface area contributed by atoms with Crippen molar-refractivity contribution in [2.75, 3.05) is 29.9 Å². The van der Waals surface area contributed by atoms with Gasteiger partial charge in [0.05, 0.1) is 0 Å². The van der Waals surface area contributed by atoms with Gasteiger partial charge < -0.3 is 10.2 Å². The molecule has 1 saturated heterocycles. The zero-order valence-corrected chi connectivity index (χ0v) is 14.1. The number of nitrogens with zero attached hydrogens (tertiary/aromatic N) is 3. The van der Waals surface area contributed by atoms with Gasteiger partial charge in [0.25, 0.3) is 0 Å². The predicted molar refractivity (Wildman–Crippen MR) is 90.2 cm³/mol. The first-order valence-electron chi connectivity index (χ1n) is 8.55. The Kier molecular flexibility index (Phi) is 5.83. The maximum Gasteiger partial charge on any atom is 0.137 e. The average molecular weight is 290 g/mol. The Morgan fingerprint density at radius 1 is 1.19 bits per heavy atom. The van der Waals surface area contributed by atoms with Gasteiger partial charge in [-0.1, -0.05) is 27.2 Å². The standard InChI is InChI=1S/C17H30N4/c1-5-8-15-19-16(18-10-6-2)13(4)17(20-15)21-11-9-14(7-3)12-21/h14H,5-12H2,1-4H3,(H,18,19,20). The van der Waals surface area contributed by atoms with Crippen LogP contribution >= 0.6 is 0 Å². The molecule has 1 aliphatic rings. The number of anilines is 2. The Morgan fingerprint density at radius 3 is 2.62 bits per heavy atom. The third-order valence-electron chi connectivity index (χ3n) is 4.35. The van der Waals surface area contributed by atoms with Gasteiger partial charge in [-0.15, -0.1) is 0 Å². The largest absolute Gasteiger partial charge is 0.370 e. The van der Waals surface area contributed by atoms with E-state index in [2.05, 4.69) is 37.9 Å². The summed E-state index contributed by atoms with van der Waals surface area (Å²) in [5.74, 6) is 3.99. The molecule has 118 valence electrons. The molecule has 1 aromatic heterocycles. The predicted octanol–water partition coefficient (Wildman–Crippen LogP) is 3.80. The molecule has 0 aliphatic carbocycles. The molecule has 4 heteroatoms. The first kappa shape index (κ1) is 16.1. The minimum atomic E-state index is 0.820. The van der Waals surface area contributed by atoms with Crippen LogP contribution < -0.4 is 10.2 Å². The van der Waals surface area contributed by atoms with Crippen LogP contribution in [-0.4, -0.2) is 29.6 Å². The minimum Gasteiger partial charge on any atom is -0.370 e. The maximum atomic E-state index is 4.86. The highest BCUT2D eigenvalue weighted by Crippen LogP contribution is 2.29. The van der Waals surface area contributed by atoms with E-state index in [1.807, 2.05) is 0 Å². The van der Waals surface area contributed by atoms with Crippen LogP contribution in [0.15, 0.2) is 0 Å². The van der Waals surface area contributed by atoms with E-state index in [9.17, 15) is 0 Å². The van der Waals surface area contributed by atoms with Crippen LogP contribution in [0.4, 0.5) is 11.6 Å². The summed E-state index contributed by atoms with van der Waals surface area (Å²) >= 11 is 0. The molecule has 1 atom stereocenters. The monoisotopic (exact) mass is 290 g/mol. The van der Waals surface area contributed by atoms with E-state index in [0.717, 1.165) is 62.3 Å². The molecule has 0 bridgehead atoms. The topological polar surface area (TPSA) is 41.1 Å². The second-order valence-corrected chi connectivity index (χ2v) is 6.12. The number of aromatic nitrogens is 2. The summed E-state index contributed by atoms with van der Waals surface area (Å²) in [6.07, 6.45) is 5.72. The SMILES string of the molecule is CCCNc1nc(CCC)nc(N2CCC(CC)C2)c1C. The van der Waals surface area contributed by atoms with E-state index < -0.39 is 0 Å². The molecular weight excluding hydrogens is 260 g/mol. The first-order chi connectivity index (χ1) is 10.2. The Labute approximate surface area is 129 Å². The van der Waals surface area contributed by atoms with Gasteiger partial charge in [0, 0.05) is 31.6 Å². The first-order valence-corrected chi connectivity index (χ1v) is 8.55. The number of rotatable bonds is 7. The Hall–Kier alpha value is -1.32. The maximum absolute atomic E-state index is 4.86. The van der Waals surface area contributed by atoms with Gasteiger partial charge in [0.1, 0.15) is 17.5 Å². The summed E-state index contributed by atoms with van der Waals surface area (Å²) in [6.45, 7) is 12.1. The third-order valence-corrected chi connectivity index (χ3v) is 4.35. The van der Waals surface area contributed by atoms with E-state index in [0.29, 0.717) is 0 Å². The number of aryl methyl sites for hydroxylation is 1. The van der Waals surface area contributed by atoms with Crippen molar-refractivity contribution >= 4 is 11.6 Å². The van der Waals surface area contributed by atoms with Crippen molar-refractivity contribution in [3.63, 3.8) is 0 Å². The molecule has 1 aliphatic heterocycles. The lowest BCUT2D eigenvalue weighted by molar-refractivity contribution is 0.568. The number of nitrogens with one attached hydrogen (secondary N) is 1. The van der Waals surface area contributed by atoms with Crippen LogP contribution in [0.25, 0.3) is 0 Å². The fourth-order valence-electron chi connectivity index (χ4n) is 2.97. The summed E-state index contributed by atoms with van der Waals surface area (Å²) in [6, 6.07) is 0. The fourth-order valence-corrected chi connectivity index (χ4v) is 2.97. The van der Waals surface area contributed by atoms with E-state index in [4.69, 9.17) is 9.97 Å². The highest BCUT2D eigenvalue weighted by molar-refractivity contribution is 5.59. The van der Waals surface area contributed by atoms with Crippen LogP contribution in [0.2, 0.25) is 0 Å². The van der Waals surface area contributed by atoms with Crippen molar-refractivity contribution in [3.8, 4) is 0 Å². The van der Waals surface area contributed by atoms with Gasteiger partial charge in [-0.2, -0.15) is 0 Å². The molecule has 1 N–H and O–H groups in total. The van der Waals surface area contributed by atoms with Crippen LogP contribution in [0.1, 0.15) is 57.8 Å². The zero-order valence-electron chi connectivity index (χ0n) is 14.1. The third kappa shape index (κ3) is 3.86. The average Bonchev–Trinajstić information content (AvgIpc) is 2.96. The number of hydrogen-bond acceptors (Lipinski definition) is 4. The quantitative estimate of drug-likeness (QED) is 0.829. The molecule has 1 aromatic rings. The van der Waals surface area contributed by atoms with Crippen LogP contribution in [0.3, 0.4) is 0 Å². The zero-order chi connectivity index (χ0) is 15.2. The Balaban J connectivity index is 2.27. The molecule has 0 aromatic carbocycles. The summed E-state index contributed by atoms with van der Waals surface area (Å²) < 4.78 is 0. The number of hydrogen-bond donors (Lipinski definition) is 1. The Morgan fingerprint density at radius 2 is 2.00 bits per heavy atom. The fraction of sp³-hybridized carbons (Fsp3) is 0.765. The summed E-state index contributed by atoms with van der Waals surface area (Å²) in [5.41, 5.74) is 1.21. The molecule has 21 heavy (non-hydrogen) atoms. The smallest absolute Gasteiger partial charge is 0.137 e. The Bertz CT molecular complexity index is 458. The molecular formula is C17H30N4. The van der Waals surface area contributed by atoms with Crippen LogP contribution in [0.5, 0.6) is 0 Å². The van der Waals surface area contributed by atoms with Gasteiger partial charge in [0.2, 0.25) is 0 Å². The van der Waals surface area contributed by atoms with E-state index in [-0.39, 0.29) is 0 Å². The second-order valence-electron chi connectivity index (χ2n) is 6.12. The van der Waals surface area contributed by atoms with Gasteiger partial charge in [-0.05, 0) is 32.1 Å². The molecule has 0 saturated carbocycles. The van der Waals surface area contributed by atoms with Gasteiger partial charge >= 0.3 is 0 Å². The minimum absolute atomic E-state index is 0.820. The van der Waals surface area contributed by atoms with E-state index in [1.54, 1.807) is 0 Å². The summed E-state index contributed by atoms with van der Waals surface area (Å²) in [7, 11) is 0. The molecule has 2 rings (SSSR count). The summed E-state index contributed by atoms with van der Waals surface area (Å²) in [5, 5.41) is 3.47. The van der Waals surface area contributed by atoms with Crippen molar-refractivity contribution in [1.82, 2.24) is 9.97 Å². The molecule has 0 spiro atoms. The van der Waals surface area contributed by atoms with E-state index >= 15 is 0 Å². The highest BCUT2D eigenvalue weighted by Gasteiger charge is 2.24. The lowest BCUT2D eigenvalue weighted by Crippen LogP contribution is -2.23. The molecule has 2 heterocycles. The molecule has 1 fully saturated rings. The molecule has 0 radical (unpaired) electrons. The normalized spacial score (nSPS) is 18.3. The van der Waals surface area contributed by atoms with Crippen molar-refractivity contribution in [1.29, 1.82) is 0 Å². The van der Waals surface area contributed by atoms with Gasteiger partial charge in [-0.25, -0.2) is 9.97 Å². The van der Waals surface area contributed by atoms with Crippen LogP contribution in [0, 0.1) is 12.8 Å². The van der Waals surface area contributed by atoms with Crippen LogP contribution in [-0.2, 0) is 6.42 Å². The highest BCUT2D eigenvalue weighted by atomic mass is 15.2. The molecule has 1 unspecified atom stereocenters. The van der Waals surface area contributed by atoms with Crippen molar-refractivity contribution in [2.45, 2.75) is 59.8 Å². The summed E-state index contributed by atoms with van der Waals surface area (Å²) in [4.78, 5) is 12.0.